The van der Waals surface area contributed by atoms with Gasteiger partial charge in [-0.25, -0.2) is 0 Å². The van der Waals surface area contributed by atoms with E-state index >= 15 is 0 Å². The van der Waals surface area contributed by atoms with Crippen molar-refractivity contribution in [1.29, 1.82) is 0 Å². The first-order valence-corrected chi connectivity index (χ1v) is 6.70. The van der Waals surface area contributed by atoms with Gasteiger partial charge in [-0.2, -0.15) is 0 Å². The number of amides is 1. The first-order chi connectivity index (χ1) is 9.40. The molecule has 0 radical (unpaired) electrons. The van der Waals surface area contributed by atoms with Gasteiger partial charge in [-0.1, -0.05) is 19.9 Å². The Hall–Kier alpha value is -2.04. The molecule has 0 bridgehead atoms. The van der Waals surface area contributed by atoms with Gasteiger partial charge in [0.25, 0.3) is 5.91 Å². The summed E-state index contributed by atoms with van der Waals surface area (Å²) in [5.74, 6) is -0.408. The summed E-state index contributed by atoms with van der Waals surface area (Å²) in [6.07, 6.45) is -0.637. The number of hydrogen-bond acceptors (Lipinski definition) is 3. The van der Waals surface area contributed by atoms with E-state index in [1.54, 1.807) is 6.07 Å². The number of fused-ring (bicyclic) bond motifs is 1. The Kier molecular flexibility index (Phi) is 3.97. The molecule has 0 fully saturated rings. The average Bonchev–Trinajstić information content (AvgIpc) is 2.36. The van der Waals surface area contributed by atoms with Crippen molar-refractivity contribution in [3.05, 3.63) is 23.8 Å². The van der Waals surface area contributed by atoms with Gasteiger partial charge in [0.2, 0.25) is 0 Å². The van der Waals surface area contributed by atoms with Crippen molar-refractivity contribution in [3.63, 3.8) is 0 Å². The molecule has 0 aromatic heterocycles. The second-order valence-electron chi connectivity index (χ2n) is 5.39. The van der Waals surface area contributed by atoms with E-state index in [2.05, 4.69) is 0 Å². The van der Waals surface area contributed by atoms with Crippen LogP contribution in [-0.4, -0.2) is 29.6 Å². The molecule has 1 heterocycles. The smallest absolute Gasteiger partial charge is 0.305 e. The van der Waals surface area contributed by atoms with Crippen molar-refractivity contribution in [1.82, 2.24) is 0 Å². The molecular formula is C15H19NO4. The SMILES string of the molecule is Cc1ccc2c(c1)OC(C(C)C)C(=O)N2CCC(=O)O. The second kappa shape index (κ2) is 5.53. The fourth-order valence-electron chi connectivity index (χ4n) is 2.26. The Morgan fingerprint density at radius 2 is 2.15 bits per heavy atom. The number of benzene rings is 1. The summed E-state index contributed by atoms with van der Waals surface area (Å²) in [7, 11) is 0. The van der Waals surface area contributed by atoms with Crippen LogP contribution in [0.15, 0.2) is 18.2 Å². The molecule has 2 rings (SSSR count). The first kappa shape index (κ1) is 14.4. The number of carbonyl (C=O) groups is 2. The van der Waals surface area contributed by atoms with Gasteiger partial charge >= 0.3 is 5.97 Å². The zero-order chi connectivity index (χ0) is 14.9. The van der Waals surface area contributed by atoms with Gasteiger partial charge in [0.15, 0.2) is 6.10 Å². The molecule has 0 saturated heterocycles. The van der Waals surface area contributed by atoms with Gasteiger partial charge in [-0.15, -0.1) is 0 Å². The van der Waals surface area contributed by atoms with Gasteiger partial charge in [0, 0.05) is 6.54 Å². The number of ether oxygens (including phenoxy) is 1. The van der Waals surface area contributed by atoms with Crippen LogP contribution in [0.3, 0.4) is 0 Å². The third-order valence-corrected chi connectivity index (χ3v) is 3.32. The lowest BCUT2D eigenvalue weighted by atomic mass is 10.0. The van der Waals surface area contributed by atoms with Crippen molar-refractivity contribution in [3.8, 4) is 5.75 Å². The molecule has 20 heavy (non-hydrogen) atoms. The molecule has 1 aromatic rings. The summed E-state index contributed by atoms with van der Waals surface area (Å²) in [6, 6.07) is 5.57. The van der Waals surface area contributed by atoms with E-state index in [0.29, 0.717) is 11.4 Å². The van der Waals surface area contributed by atoms with Crippen molar-refractivity contribution >= 4 is 17.6 Å². The third kappa shape index (κ3) is 2.76. The molecule has 1 aliphatic rings. The summed E-state index contributed by atoms with van der Waals surface area (Å²) >= 11 is 0. The van der Waals surface area contributed by atoms with Crippen molar-refractivity contribution < 1.29 is 19.4 Å². The number of aryl methyl sites for hydroxylation is 1. The molecule has 0 saturated carbocycles. The topological polar surface area (TPSA) is 66.8 Å². The van der Waals surface area contributed by atoms with Gasteiger partial charge in [0.1, 0.15) is 5.75 Å². The number of carboxylic acid groups (broad SMARTS) is 1. The van der Waals surface area contributed by atoms with Crippen LogP contribution < -0.4 is 9.64 Å². The molecule has 1 aliphatic heterocycles. The number of nitrogens with zero attached hydrogens (tertiary/aromatic N) is 1. The van der Waals surface area contributed by atoms with Crippen molar-refractivity contribution in [2.75, 3.05) is 11.4 Å². The summed E-state index contributed by atoms with van der Waals surface area (Å²) in [5, 5.41) is 8.83. The highest BCUT2D eigenvalue weighted by Crippen LogP contribution is 2.36. The van der Waals surface area contributed by atoms with E-state index in [4.69, 9.17) is 9.84 Å². The van der Waals surface area contributed by atoms with E-state index in [0.717, 1.165) is 5.56 Å². The maximum atomic E-state index is 12.4. The lowest BCUT2D eigenvalue weighted by Crippen LogP contribution is -2.49. The van der Waals surface area contributed by atoms with Gasteiger partial charge in [-0.05, 0) is 30.5 Å². The van der Waals surface area contributed by atoms with Gasteiger partial charge in [-0.3, -0.25) is 9.59 Å². The number of aliphatic carboxylic acids is 1. The molecule has 1 atom stereocenters. The van der Waals surface area contributed by atoms with Crippen LogP contribution in [0.5, 0.6) is 5.75 Å². The molecule has 1 amide bonds. The van der Waals surface area contributed by atoms with Crippen LogP contribution in [0.25, 0.3) is 0 Å². The molecule has 5 heteroatoms. The fourth-order valence-corrected chi connectivity index (χ4v) is 2.26. The first-order valence-electron chi connectivity index (χ1n) is 6.70. The van der Waals surface area contributed by atoms with Gasteiger partial charge < -0.3 is 14.7 Å². The Balaban J connectivity index is 2.37. The van der Waals surface area contributed by atoms with E-state index in [1.807, 2.05) is 32.9 Å². The molecule has 1 aromatic carbocycles. The van der Waals surface area contributed by atoms with Crippen LogP contribution in [0.1, 0.15) is 25.8 Å². The molecular weight excluding hydrogens is 258 g/mol. The number of carbonyl (C=O) groups excluding carboxylic acids is 1. The minimum Gasteiger partial charge on any atom is -0.481 e. The number of rotatable bonds is 4. The maximum Gasteiger partial charge on any atom is 0.305 e. The monoisotopic (exact) mass is 277 g/mol. The highest BCUT2D eigenvalue weighted by Gasteiger charge is 2.36. The zero-order valence-corrected chi connectivity index (χ0v) is 11.9. The standard InChI is InChI=1S/C15H19NO4/c1-9(2)14-15(19)16(7-6-13(17)18)11-5-4-10(3)8-12(11)20-14/h4-5,8-9,14H,6-7H2,1-3H3,(H,17,18). The van der Waals surface area contributed by atoms with Crippen molar-refractivity contribution in [2.45, 2.75) is 33.3 Å². The molecule has 1 unspecified atom stereocenters. The van der Waals surface area contributed by atoms with Gasteiger partial charge in [0.05, 0.1) is 12.1 Å². The minimum atomic E-state index is -0.918. The lowest BCUT2D eigenvalue weighted by molar-refractivity contribution is -0.136. The van der Waals surface area contributed by atoms with Crippen LogP contribution in [-0.2, 0) is 9.59 Å². The normalized spacial score (nSPS) is 17.9. The molecule has 5 nitrogen and oxygen atoms in total. The Morgan fingerprint density at radius 3 is 2.75 bits per heavy atom. The number of carboxylic acids is 1. The summed E-state index contributed by atoms with van der Waals surface area (Å²) in [5.41, 5.74) is 1.69. The predicted octanol–water partition coefficient (Wildman–Crippen LogP) is 2.22. The average molecular weight is 277 g/mol. The van der Waals surface area contributed by atoms with Crippen LogP contribution in [0.4, 0.5) is 5.69 Å². The lowest BCUT2D eigenvalue weighted by Gasteiger charge is -2.36. The molecule has 1 N–H and O–H groups in total. The van der Waals surface area contributed by atoms with E-state index in [-0.39, 0.29) is 24.8 Å². The third-order valence-electron chi connectivity index (χ3n) is 3.32. The largest absolute Gasteiger partial charge is 0.481 e. The van der Waals surface area contributed by atoms with E-state index in [1.165, 1.54) is 4.90 Å². The molecule has 0 spiro atoms. The van der Waals surface area contributed by atoms with Crippen LogP contribution in [0, 0.1) is 12.8 Å². The Bertz CT molecular complexity index is 539. The molecule has 0 aliphatic carbocycles. The highest BCUT2D eigenvalue weighted by molar-refractivity contribution is 6.00. The Labute approximate surface area is 118 Å². The van der Waals surface area contributed by atoms with Crippen molar-refractivity contribution in [2.24, 2.45) is 5.92 Å². The quantitative estimate of drug-likeness (QED) is 0.916. The Morgan fingerprint density at radius 1 is 1.45 bits per heavy atom. The zero-order valence-electron chi connectivity index (χ0n) is 11.9. The van der Waals surface area contributed by atoms with E-state index in [9.17, 15) is 9.59 Å². The van der Waals surface area contributed by atoms with Crippen LogP contribution >= 0.6 is 0 Å². The predicted molar refractivity (Wildman–Crippen MR) is 75.0 cm³/mol. The number of hydrogen-bond donors (Lipinski definition) is 1. The fraction of sp³-hybridized carbons (Fsp3) is 0.467. The van der Waals surface area contributed by atoms with E-state index < -0.39 is 12.1 Å². The maximum absolute atomic E-state index is 12.4. The highest BCUT2D eigenvalue weighted by atomic mass is 16.5. The second-order valence-corrected chi connectivity index (χ2v) is 5.39. The van der Waals surface area contributed by atoms with Crippen LogP contribution in [0.2, 0.25) is 0 Å². The number of anilines is 1. The summed E-state index contributed by atoms with van der Waals surface area (Å²) < 4.78 is 5.78. The summed E-state index contributed by atoms with van der Waals surface area (Å²) in [4.78, 5) is 24.7. The minimum absolute atomic E-state index is 0.0310. The summed E-state index contributed by atoms with van der Waals surface area (Å²) in [6.45, 7) is 5.94. The molecule has 108 valence electrons.